The Bertz CT molecular complexity index is 1000. The van der Waals surface area contributed by atoms with Gasteiger partial charge in [0.25, 0.3) is 0 Å². The first-order valence-electron chi connectivity index (χ1n) is 10.9. The number of carbonyl (C=O) groups is 2. The van der Waals surface area contributed by atoms with Crippen molar-refractivity contribution in [2.24, 2.45) is 5.92 Å². The molecule has 3 heterocycles. The Labute approximate surface area is 189 Å². The zero-order chi connectivity index (χ0) is 23.6. The fraction of sp³-hybridized carbons (Fsp3) is 0.478. The van der Waals surface area contributed by atoms with Gasteiger partial charge in [-0.1, -0.05) is 30.3 Å². The number of halogens is 3. The van der Waals surface area contributed by atoms with Crippen LogP contribution in [0.25, 0.3) is 0 Å². The predicted octanol–water partition coefficient (Wildman–Crippen LogP) is 3.36. The highest BCUT2D eigenvalue weighted by Gasteiger charge is 2.44. The first kappa shape index (κ1) is 23.0. The second-order valence-electron chi connectivity index (χ2n) is 8.58. The number of carboxylic acid groups (broad SMARTS) is 1. The minimum Gasteiger partial charge on any atom is -0.481 e. The number of aromatic nitrogens is 2. The molecule has 2 saturated heterocycles. The normalized spacial score (nSPS) is 19.4. The molecule has 0 spiro atoms. The summed E-state index contributed by atoms with van der Waals surface area (Å²) in [7, 11) is 0. The van der Waals surface area contributed by atoms with E-state index < -0.39 is 23.3 Å². The third-order valence-corrected chi connectivity index (χ3v) is 6.72. The number of hydrogen-bond donors (Lipinski definition) is 1. The van der Waals surface area contributed by atoms with E-state index in [1.165, 1.54) is 0 Å². The maximum Gasteiger partial charge on any atom is 0.433 e. The van der Waals surface area contributed by atoms with Gasteiger partial charge in [-0.3, -0.25) is 9.59 Å². The van der Waals surface area contributed by atoms with Crippen LogP contribution >= 0.6 is 0 Å². The lowest BCUT2D eigenvalue weighted by molar-refractivity contribution is -0.149. The minimum absolute atomic E-state index is 0.0165. The maximum atomic E-state index is 13.1. The van der Waals surface area contributed by atoms with Gasteiger partial charge in [0.05, 0.1) is 5.41 Å². The van der Waals surface area contributed by atoms with Crippen LogP contribution in [0.3, 0.4) is 0 Å². The van der Waals surface area contributed by atoms with Crippen LogP contribution in [0, 0.1) is 5.92 Å². The Morgan fingerprint density at radius 1 is 1.00 bits per heavy atom. The number of amides is 1. The molecule has 0 bridgehead atoms. The highest BCUT2D eigenvalue weighted by molar-refractivity contribution is 5.83. The molecule has 2 aliphatic rings. The summed E-state index contributed by atoms with van der Waals surface area (Å²) >= 11 is 0. The van der Waals surface area contributed by atoms with Crippen LogP contribution in [0.15, 0.2) is 42.6 Å². The number of alkyl halides is 3. The van der Waals surface area contributed by atoms with Gasteiger partial charge in [0.1, 0.15) is 5.69 Å². The summed E-state index contributed by atoms with van der Waals surface area (Å²) in [5.41, 5.74) is -1.24. The van der Waals surface area contributed by atoms with Crippen molar-refractivity contribution in [1.82, 2.24) is 14.9 Å². The average Bonchev–Trinajstić information content (AvgIpc) is 2.84. The summed E-state index contributed by atoms with van der Waals surface area (Å²) in [6.07, 6.45) is -1.79. The molecule has 1 N–H and O–H groups in total. The van der Waals surface area contributed by atoms with Crippen LogP contribution in [0.5, 0.6) is 0 Å². The number of likely N-dealkylation sites (tertiary alicyclic amines) is 1. The van der Waals surface area contributed by atoms with Gasteiger partial charge in [0.2, 0.25) is 11.9 Å². The Balaban J connectivity index is 1.36. The van der Waals surface area contributed by atoms with E-state index in [0.29, 0.717) is 51.9 Å². The van der Waals surface area contributed by atoms with Crippen LogP contribution in [-0.4, -0.2) is 58.0 Å². The van der Waals surface area contributed by atoms with Crippen molar-refractivity contribution in [2.45, 2.75) is 37.3 Å². The molecule has 0 unspecified atom stereocenters. The number of aliphatic carboxylic acids is 1. The number of hydrogen-bond acceptors (Lipinski definition) is 5. The van der Waals surface area contributed by atoms with Crippen molar-refractivity contribution in [1.29, 1.82) is 0 Å². The number of benzene rings is 1. The van der Waals surface area contributed by atoms with Crippen molar-refractivity contribution >= 4 is 17.8 Å². The standard InChI is InChI=1S/C23H25F3N4O3/c24-23(25,26)18-6-11-27-21(28-18)30-12-7-16(8-13-30)19(31)29-14-9-22(10-15-29,20(32)33)17-4-2-1-3-5-17/h1-6,11,16H,7-10,12-15H2,(H,32,33). The number of piperidine rings is 2. The van der Waals surface area contributed by atoms with Crippen molar-refractivity contribution in [3.8, 4) is 0 Å². The van der Waals surface area contributed by atoms with Crippen molar-refractivity contribution in [2.75, 3.05) is 31.1 Å². The molecule has 2 aromatic rings. The molecule has 176 valence electrons. The number of rotatable bonds is 4. The first-order valence-corrected chi connectivity index (χ1v) is 10.9. The third-order valence-electron chi connectivity index (χ3n) is 6.72. The van der Waals surface area contributed by atoms with E-state index in [-0.39, 0.29) is 17.8 Å². The van der Waals surface area contributed by atoms with Crippen molar-refractivity contribution in [3.63, 3.8) is 0 Å². The maximum absolute atomic E-state index is 13.1. The Morgan fingerprint density at radius 3 is 2.21 bits per heavy atom. The lowest BCUT2D eigenvalue weighted by Gasteiger charge is -2.41. The summed E-state index contributed by atoms with van der Waals surface area (Å²) in [5, 5.41) is 9.93. The molecule has 4 rings (SSSR count). The third kappa shape index (κ3) is 4.65. The van der Waals surface area contributed by atoms with Crippen molar-refractivity contribution < 1.29 is 27.9 Å². The van der Waals surface area contributed by atoms with E-state index in [2.05, 4.69) is 9.97 Å². The molecule has 7 nitrogen and oxygen atoms in total. The molecule has 10 heteroatoms. The molecular weight excluding hydrogens is 437 g/mol. The van der Waals surface area contributed by atoms with Gasteiger partial charge in [-0.15, -0.1) is 0 Å². The Morgan fingerprint density at radius 2 is 1.64 bits per heavy atom. The van der Waals surface area contributed by atoms with Crippen LogP contribution < -0.4 is 4.90 Å². The molecule has 0 atom stereocenters. The van der Waals surface area contributed by atoms with E-state index in [1.54, 1.807) is 9.80 Å². The average molecular weight is 462 g/mol. The van der Waals surface area contributed by atoms with Crippen LogP contribution in [0.4, 0.5) is 19.1 Å². The summed E-state index contributed by atoms with van der Waals surface area (Å²) in [4.78, 5) is 36.2. The highest BCUT2D eigenvalue weighted by Crippen LogP contribution is 2.37. The largest absolute Gasteiger partial charge is 0.481 e. The summed E-state index contributed by atoms with van der Waals surface area (Å²) < 4.78 is 38.8. The molecule has 2 fully saturated rings. The molecule has 0 radical (unpaired) electrons. The van der Waals surface area contributed by atoms with Crippen LogP contribution in [0.2, 0.25) is 0 Å². The van der Waals surface area contributed by atoms with Crippen LogP contribution in [-0.2, 0) is 21.2 Å². The summed E-state index contributed by atoms with van der Waals surface area (Å²) in [6.45, 7) is 1.48. The molecule has 1 amide bonds. The molecule has 2 aliphatic heterocycles. The quantitative estimate of drug-likeness (QED) is 0.750. The number of nitrogens with zero attached hydrogens (tertiary/aromatic N) is 4. The lowest BCUT2D eigenvalue weighted by atomic mass is 9.72. The molecular formula is C23H25F3N4O3. The molecule has 1 aromatic carbocycles. The van der Waals surface area contributed by atoms with E-state index in [4.69, 9.17) is 0 Å². The molecule has 0 saturated carbocycles. The first-order chi connectivity index (χ1) is 15.7. The fourth-order valence-corrected chi connectivity index (χ4v) is 4.74. The molecule has 33 heavy (non-hydrogen) atoms. The lowest BCUT2D eigenvalue weighted by Crippen LogP contribution is -2.51. The SMILES string of the molecule is O=C(C1CCN(c2nccc(C(F)(F)F)n2)CC1)N1CCC(C(=O)O)(c2ccccc2)CC1. The number of carbonyl (C=O) groups excluding carboxylic acids is 1. The topological polar surface area (TPSA) is 86.6 Å². The van der Waals surface area contributed by atoms with Crippen molar-refractivity contribution in [3.05, 3.63) is 53.9 Å². The number of anilines is 1. The van der Waals surface area contributed by atoms with E-state index in [1.807, 2.05) is 30.3 Å². The van der Waals surface area contributed by atoms with Gasteiger partial charge in [0.15, 0.2) is 0 Å². The van der Waals surface area contributed by atoms with Crippen LogP contribution in [0.1, 0.15) is 36.9 Å². The molecule has 0 aliphatic carbocycles. The Hall–Kier alpha value is -3.17. The van der Waals surface area contributed by atoms with E-state index >= 15 is 0 Å². The predicted molar refractivity (Wildman–Crippen MR) is 114 cm³/mol. The number of carboxylic acids is 1. The van der Waals surface area contributed by atoms with Gasteiger partial charge >= 0.3 is 12.1 Å². The zero-order valence-corrected chi connectivity index (χ0v) is 18.0. The highest BCUT2D eigenvalue weighted by atomic mass is 19.4. The van der Waals surface area contributed by atoms with Gasteiger partial charge < -0.3 is 14.9 Å². The second kappa shape index (κ2) is 8.99. The zero-order valence-electron chi connectivity index (χ0n) is 18.0. The van der Waals surface area contributed by atoms with Gasteiger partial charge in [0, 0.05) is 38.3 Å². The van der Waals surface area contributed by atoms with Gasteiger partial charge in [-0.2, -0.15) is 13.2 Å². The smallest absolute Gasteiger partial charge is 0.433 e. The second-order valence-corrected chi connectivity index (χ2v) is 8.58. The minimum atomic E-state index is -4.54. The van der Waals surface area contributed by atoms with E-state index in [9.17, 15) is 27.9 Å². The monoisotopic (exact) mass is 462 g/mol. The fourth-order valence-electron chi connectivity index (χ4n) is 4.74. The summed E-state index contributed by atoms with van der Waals surface area (Å²) in [6, 6.07) is 9.95. The van der Waals surface area contributed by atoms with E-state index in [0.717, 1.165) is 17.8 Å². The van der Waals surface area contributed by atoms with Gasteiger partial charge in [-0.05, 0) is 37.3 Å². The molecule has 1 aromatic heterocycles. The summed E-state index contributed by atoms with van der Waals surface area (Å²) in [5.74, 6) is -1.13. The van der Waals surface area contributed by atoms with Gasteiger partial charge in [-0.25, -0.2) is 9.97 Å². The Kier molecular flexibility index (Phi) is 6.27.